The maximum atomic E-state index is 13.5. The number of hydrogen-bond donors (Lipinski definition) is 1. The second-order valence-corrected chi connectivity index (χ2v) is 5.81. The van der Waals surface area contributed by atoms with Gasteiger partial charge in [0.25, 0.3) is 0 Å². The normalized spacial score (nSPS) is 12.7. The molecule has 0 saturated carbocycles. The third-order valence-electron chi connectivity index (χ3n) is 3.22. The number of halogens is 3. The van der Waals surface area contributed by atoms with Gasteiger partial charge in [-0.3, -0.25) is 4.68 Å². The summed E-state index contributed by atoms with van der Waals surface area (Å²) in [6, 6.07) is 4.58. The molecule has 1 atom stereocenters. The van der Waals surface area contributed by atoms with E-state index in [9.17, 15) is 9.50 Å². The predicted molar refractivity (Wildman–Crippen MR) is 80.4 cm³/mol. The van der Waals surface area contributed by atoms with Gasteiger partial charge in [0.05, 0.1) is 27.0 Å². The predicted octanol–water partition coefficient (Wildman–Crippen LogP) is 3.81. The summed E-state index contributed by atoms with van der Waals surface area (Å²) in [4.78, 5) is 0. The van der Waals surface area contributed by atoms with Gasteiger partial charge in [-0.05, 0) is 40.0 Å². The molecule has 108 valence electrons. The summed E-state index contributed by atoms with van der Waals surface area (Å²) >= 11 is 9.33. The molecule has 0 fully saturated rings. The summed E-state index contributed by atoms with van der Waals surface area (Å²) in [6.45, 7) is 1.97. The van der Waals surface area contributed by atoms with E-state index < -0.39 is 11.9 Å². The Morgan fingerprint density at radius 1 is 1.50 bits per heavy atom. The minimum Gasteiger partial charge on any atom is -0.388 e. The quantitative estimate of drug-likeness (QED) is 0.899. The molecule has 1 heterocycles. The van der Waals surface area contributed by atoms with E-state index in [2.05, 4.69) is 21.0 Å². The zero-order chi connectivity index (χ0) is 14.9. The highest BCUT2D eigenvalue weighted by atomic mass is 79.9. The van der Waals surface area contributed by atoms with Crippen molar-refractivity contribution in [3.05, 3.63) is 50.5 Å². The van der Waals surface area contributed by atoms with Gasteiger partial charge in [-0.2, -0.15) is 5.10 Å². The number of aliphatic hydroxyl groups excluding tert-OH is 1. The van der Waals surface area contributed by atoms with E-state index in [1.165, 1.54) is 6.07 Å². The highest BCUT2D eigenvalue weighted by Crippen LogP contribution is 2.27. The molecule has 0 aliphatic heterocycles. The zero-order valence-electron chi connectivity index (χ0n) is 11.2. The van der Waals surface area contributed by atoms with Crippen molar-refractivity contribution in [2.75, 3.05) is 0 Å². The van der Waals surface area contributed by atoms with Crippen molar-refractivity contribution in [3.63, 3.8) is 0 Å². The summed E-state index contributed by atoms with van der Waals surface area (Å²) in [5.41, 5.74) is 2.07. The molecule has 0 aliphatic rings. The number of hydrogen-bond acceptors (Lipinski definition) is 2. The van der Waals surface area contributed by atoms with Crippen molar-refractivity contribution >= 4 is 27.5 Å². The van der Waals surface area contributed by atoms with Crippen molar-refractivity contribution in [1.29, 1.82) is 0 Å². The molecule has 0 bridgehead atoms. The van der Waals surface area contributed by atoms with Crippen LogP contribution < -0.4 is 0 Å². The Balaban J connectivity index is 2.25. The lowest BCUT2D eigenvalue weighted by atomic mass is 10.0. The highest BCUT2D eigenvalue weighted by molar-refractivity contribution is 9.10. The molecule has 0 aliphatic carbocycles. The molecular weight excluding hydrogens is 347 g/mol. The molecule has 0 amide bonds. The average molecular weight is 362 g/mol. The summed E-state index contributed by atoms with van der Waals surface area (Å²) in [5, 5.41) is 15.1. The molecule has 2 rings (SSSR count). The van der Waals surface area contributed by atoms with Gasteiger partial charge >= 0.3 is 0 Å². The number of rotatable bonds is 4. The van der Waals surface area contributed by atoms with E-state index in [1.54, 1.807) is 23.9 Å². The van der Waals surface area contributed by atoms with Crippen molar-refractivity contribution < 1.29 is 9.50 Å². The lowest BCUT2D eigenvalue weighted by molar-refractivity contribution is 0.175. The van der Waals surface area contributed by atoms with E-state index >= 15 is 0 Å². The lowest BCUT2D eigenvalue weighted by Crippen LogP contribution is -2.07. The molecule has 0 radical (unpaired) electrons. The van der Waals surface area contributed by atoms with Gasteiger partial charge in [0.2, 0.25) is 0 Å². The number of benzene rings is 1. The lowest BCUT2D eigenvalue weighted by Gasteiger charge is -2.12. The second-order valence-electron chi connectivity index (χ2n) is 4.58. The first-order valence-corrected chi connectivity index (χ1v) is 7.44. The summed E-state index contributed by atoms with van der Waals surface area (Å²) in [7, 11) is 1.79. The largest absolute Gasteiger partial charge is 0.388 e. The van der Waals surface area contributed by atoms with E-state index in [0.717, 1.165) is 17.8 Å². The molecule has 1 aromatic heterocycles. The first kappa shape index (κ1) is 15.5. The van der Waals surface area contributed by atoms with E-state index in [0.29, 0.717) is 21.5 Å². The number of aryl methyl sites for hydroxylation is 2. The van der Waals surface area contributed by atoms with Crippen LogP contribution in [0.5, 0.6) is 0 Å². The topological polar surface area (TPSA) is 38.0 Å². The molecular formula is C14H15BrClFN2O. The molecule has 6 heteroatoms. The molecule has 0 spiro atoms. The maximum absolute atomic E-state index is 13.5. The summed E-state index contributed by atoms with van der Waals surface area (Å²) in [5.74, 6) is -0.396. The molecule has 1 unspecified atom stereocenters. The molecule has 3 nitrogen and oxygen atoms in total. The van der Waals surface area contributed by atoms with Crippen LogP contribution in [0.4, 0.5) is 4.39 Å². The van der Waals surface area contributed by atoms with Gasteiger partial charge in [-0.15, -0.1) is 0 Å². The fourth-order valence-corrected chi connectivity index (χ4v) is 2.68. The van der Waals surface area contributed by atoms with Crippen molar-refractivity contribution in [3.8, 4) is 0 Å². The van der Waals surface area contributed by atoms with Gasteiger partial charge in [0.15, 0.2) is 0 Å². The van der Waals surface area contributed by atoms with Crippen LogP contribution >= 0.6 is 27.5 Å². The van der Waals surface area contributed by atoms with Gasteiger partial charge < -0.3 is 5.11 Å². The van der Waals surface area contributed by atoms with Crippen LogP contribution in [-0.4, -0.2) is 14.9 Å². The van der Waals surface area contributed by atoms with Gasteiger partial charge in [-0.1, -0.05) is 24.6 Å². The highest BCUT2D eigenvalue weighted by Gasteiger charge is 2.18. The van der Waals surface area contributed by atoms with Crippen LogP contribution in [0.15, 0.2) is 22.7 Å². The van der Waals surface area contributed by atoms with Crippen LogP contribution in [0.3, 0.4) is 0 Å². The molecule has 2 aromatic rings. The van der Waals surface area contributed by atoms with Crippen molar-refractivity contribution in [2.45, 2.75) is 25.9 Å². The van der Waals surface area contributed by atoms with Crippen LogP contribution in [0.25, 0.3) is 0 Å². The minimum absolute atomic E-state index is 0.295. The van der Waals surface area contributed by atoms with E-state index in [-0.39, 0.29) is 0 Å². The van der Waals surface area contributed by atoms with Crippen LogP contribution in [0.1, 0.15) is 30.0 Å². The third-order valence-corrected chi connectivity index (χ3v) is 4.30. The summed E-state index contributed by atoms with van der Waals surface area (Å²) < 4.78 is 15.5. The Morgan fingerprint density at radius 2 is 2.20 bits per heavy atom. The second kappa shape index (κ2) is 6.24. The van der Waals surface area contributed by atoms with Gasteiger partial charge in [0.1, 0.15) is 5.82 Å². The van der Waals surface area contributed by atoms with Crippen molar-refractivity contribution in [2.24, 2.45) is 7.05 Å². The minimum atomic E-state index is -0.824. The Kier molecular flexibility index (Phi) is 4.83. The van der Waals surface area contributed by atoms with Crippen LogP contribution in [0.2, 0.25) is 5.02 Å². The third kappa shape index (κ3) is 3.05. The van der Waals surface area contributed by atoms with E-state index in [4.69, 9.17) is 11.6 Å². The summed E-state index contributed by atoms with van der Waals surface area (Å²) in [6.07, 6.45) is 0.203. The molecule has 1 aromatic carbocycles. The fraction of sp³-hybridized carbons (Fsp3) is 0.357. The van der Waals surface area contributed by atoms with E-state index in [1.807, 2.05) is 6.92 Å². The smallest absolute Gasteiger partial charge is 0.137 e. The first-order valence-electron chi connectivity index (χ1n) is 6.27. The standard InChI is InChI=1S/C14H15BrClFN2O/c1-3-11-14(16)12(19(2)18-11)7-13(20)8-4-5-9(15)10(17)6-8/h4-6,13,20H,3,7H2,1-2H3. The SMILES string of the molecule is CCc1nn(C)c(CC(O)c2ccc(Br)c(F)c2)c1Cl. The Hall–Kier alpha value is -0.910. The molecule has 0 saturated heterocycles. The maximum Gasteiger partial charge on any atom is 0.137 e. The fourth-order valence-electron chi connectivity index (χ4n) is 2.06. The average Bonchev–Trinajstić information content (AvgIpc) is 2.69. The molecule has 20 heavy (non-hydrogen) atoms. The van der Waals surface area contributed by atoms with Crippen LogP contribution in [0, 0.1) is 5.82 Å². The van der Waals surface area contributed by atoms with Crippen LogP contribution in [-0.2, 0) is 19.9 Å². The zero-order valence-corrected chi connectivity index (χ0v) is 13.5. The Morgan fingerprint density at radius 3 is 2.75 bits per heavy atom. The Labute approximate surface area is 130 Å². The van der Waals surface area contributed by atoms with Gasteiger partial charge in [0, 0.05) is 13.5 Å². The Bertz CT molecular complexity index is 630. The van der Waals surface area contributed by atoms with Crippen molar-refractivity contribution in [1.82, 2.24) is 9.78 Å². The van der Waals surface area contributed by atoms with Gasteiger partial charge in [-0.25, -0.2) is 4.39 Å². The number of nitrogens with zero attached hydrogens (tertiary/aromatic N) is 2. The first-order chi connectivity index (χ1) is 9.43. The monoisotopic (exact) mass is 360 g/mol. The number of aliphatic hydroxyl groups is 1. The number of aromatic nitrogens is 2. The molecule has 1 N–H and O–H groups in total.